The number of carbonyl (C=O) groups is 1. The maximum absolute atomic E-state index is 13.2. The number of amides is 1. The Hall–Kier alpha value is -3.77. The third kappa shape index (κ3) is 4.75. The number of thioether (sulfide) groups is 1. The molecule has 5 rings (SSSR count). The van der Waals surface area contributed by atoms with E-state index < -0.39 is 0 Å². The molecule has 1 aliphatic heterocycles. The van der Waals surface area contributed by atoms with Crippen molar-refractivity contribution in [3.63, 3.8) is 0 Å². The molecular formula is C29H27N3O2S. The molecule has 1 fully saturated rings. The lowest BCUT2D eigenvalue weighted by Gasteiger charge is -2.12. The number of carbonyl (C=O) groups excluding carboxylic acids is 1. The van der Waals surface area contributed by atoms with E-state index in [1.54, 1.807) is 12.0 Å². The molecule has 3 aromatic carbocycles. The Labute approximate surface area is 209 Å². The first-order valence-electron chi connectivity index (χ1n) is 11.6. The Balaban J connectivity index is 1.49. The molecule has 0 spiro atoms. The molecule has 0 atom stereocenters. The molecule has 0 radical (unpaired) electrons. The van der Waals surface area contributed by atoms with Crippen molar-refractivity contribution in [2.24, 2.45) is 4.99 Å². The van der Waals surface area contributed by atoms with Crippen LogP contribution in [0.5, 0.6) is 5.75 Å². The number of para-hydroxylation sites is 1. The van der Waals surface area contributed by atoms with E-state index >= 15 is 0 Å². The van der Waals surface area contributed by atoms with E-state index in [9.17, 15) is 4.79 Å². The van der Waals surface area contributed by atoms with Gasteiger partial charge in [-0.3, -0.25) is 9.69 Å². The molecule has 0 saturated carbocycles. The summed E-state index contributed by atoms with van der Waals surface area (Å²) in [5.41, 5.74) is 5.46. The Bertz CT molecular complexity index is 1430. The van der Waals surface area contributed by atoms with Gasteiger partial charge in [-0.1, -0.05) is 48.0 Å². The number of nitrogens with zero attached hydrogens (tertiary/aromatic N) is 3. The van der Waals surface area contributed by atoms with Crippen LogP contribution < -0.4 is 4.74 Å². The zero-order valence-electron chi connectivity index (χ0n) is 20.1. The topological polar surface area (TPSA) is 46.8 Å². The normalized spacial score (nSPS) is 16.1. The summed E-state index contributed by atoms with van der Waals surface area (Å²) in [6.07, 6.45) is 4.14. The van der Waals surface area contributed by atoms with Gasteiger partial charge in [0, 0.05) is 35.8 Å². The van der Waals surface area contributed by atoms with Crippen LogP contribution >= 0.6 is 11.8 Å². The number of aliphatic imine (C=N–C) groups is 1. The minimum Gasteiger partial charge on any atom is -0.497 e. The number of hydrogen-bond acceptors (Lipinski definition) is 4. The van der Waals surface area contributed by atoms with Crippen LogP contribution in [0.3, 0.4) is 0 Å². The summed E-state index contributed by atoms with van der Waals surface area (Å²) in [5, 5.41) is 1.82. The standard InChI is InChI=1S/C29H27N3O2S/c1-4-32-28(33)27(35-29(32)30-23-13-15-24(34-3)16-14-23)17-22-19-31(26-8-6-5-7-25(22)26)18-21-11-9-20(2)10-12-21/h5-17,19H,4,18H2,1-3H3/b27-17+,30-29?. The molecule has 4 aromatic rings. The van der Waals surface area contributed by atoms with Gasteiger partial charge < -0.3 is 9.30 Å². The minimum atomic E-state index is -0.0138. The first-order chi connectivity index (χ1) is 17.1. The van der Waals surface area contributed by atoms with Crippen molar-refractivity contribution in [1.82, 2.24) is 9.47 Å². The van der Waals surface area contributed by atoms with Crippen molar-refractivity contribution in [3.8, 4) is 5.75 Å². The third-order valence-corrected chi connectivity index (χ3v) is 7.09. The Morgan fingerprint density at radius 3 is 2.46 bits per heavy atom. The summed E-state index contributed by atoms with van der Waals surface area (Å²) in [6.45, 7) is 5.41. The van der Waals surface area contributed by atoms with Crippen LogP contribution in [0.2, 0.25) is 0 Å². The number of hydrogen-bond donors (Lipinski definition) is 0. The molecule has 35 heavy (non-hydrogen) atoms. The van der Waals surface area contributed by atoms with Gasteiger partial charge >= 0.3 is 0 Å². The average molecular weight is 482 g/mol. The molecule has 1 amide bonds. The van der Waals surface area contributed by atoms with Gasteiger partial charge in [0.2, 0.25) is 0 Å². The molecule has 0 N–H and O–H groups in total. The second-order valence-corrected chi connectivity index (χ2v) is 9.48. The van der Waals surface area contributed by atoms with E-state index in [1.807, 2.05) is 43.3 Å². The van der Waals surface area contributed by atoms with Gasteiger partial charge in [-0.15, -0.1) is 0 Å². The van der Waals surface area contributed by atoms with Crippen LogP contribution in [0.4, 0.5) is 5.69 Å². The fourth-order valence-corrected chi connectivity index (χ4v) is 5.24. The van der Waals surface area contributed by atoms with Gasteiger partial charge in [0.25, 0.3) is 5.91 Å². The number of aromatic nitrogens is 1. The molecule has 176 valence electrons. The van der Waals surface area contributed by atoms with Gasteiger partial charge in [-0.25, -0.2) is 4.99 Å². The van der Waals surface area contributed by atoms with Crippen LogP contribution in [0.1, 0.15) is 23.6 Å². The number of aryl methyl sites for hydroxylation is 1. The van der Waals surface area contributed by atoms with Crippen LogP contribution in [0.15, 0.2) is 88.9 Å². The summed E-state index contributed by atoms with van der Waals surface area (Å²) in [6, 6.07) is 24.5. The Morgan fingerprint density at radius 1 is 1.00 bits per heavy atom. The Kier molecular flexibility index (Phi) is 6.47. The highest BCUT2D eigenvalue weighted by molar-refractivity contribution is 8.18. The lowest BCUT2D eigenvalue weighted by molar-refractivity contribution is -0.122. The van der Waals surface area contributed by atoms with Crippen molar-refractivity contribution < 1.29 is 9.53 Å². The van der Waals surface area contributed by atoms with Crippen LogP contribution in [0.25, 0.3) is 17.0 Å². The number of rotatable bonds is 6. The summed E-state index contributed by atoms with van der Waals surface area (Å²) >= 11 is 1.42. The number of benzene rings is 3. The number of methoxy groups -OCH3 is 1. The van der Waals surface area contributed by atoms with E-state index in [1.165, 1.54) is 22.9 Å². The highest BCUT2D eigenvalue weighted by Crippen LogP contribution is 2.36. The molecule has 5 nitrogen and oxygen atoms in total. The molecule has 2 heterocycles. The maximum atomic E-state index is 13.2. The van der Waals surface area contributed by atoms with Crippen LogP contribution in [-0.4, -0.2) is 34.2 Å². The van der Waals surface area contributed by atoms with Crippen molar-refractivity contribution in [3.05, 3.63) is 101 Å². The van der Waals surface area contributed by atoms with Crippen molar-refractivity contribution in [1.29, 1.82) is 0 Å². The number of ether oxygens (including phenoxy) is 1. The molecular weight excluding hydrogens is 454 g/mol. The van der Waals surface area contributed by atoms with E-state index in [4.69, 9.17) is 9.73 Å². The maximum Gasteiger partial charge on any atom is 0.266 e. The van der Waals surface area contributed by atoms with E-state index in [2.05, 4.69) is 60.2 Å². The second-order valence-electron chi connectivity index (χ2n) is 8.47. The van der Waals surface area contributed by atoms with E-state index in [0.717, 1.165) is 34.4 Å². The first kappa shape index (κ1) is 23.0. The summed E-state index contributed by atoms with van der Waals surface area (Å²) in [4.78, 5) is 20.4. The van der Waals surface area contributed by atoms with E-state index in [0.29, 0.717) is 16.6 Å². The van der Waals surface area contributed by atoms with Gasteiger partial charge in [-0.05, 0) is 67.6 Å². The molecule has 0 aliphatic carbocycles. The van der Waals surface area contributed by atoms with Crippen molar-refractivity contribution in [2.45, 2.75) is 20.4 Å². The fourth-order valence-electron chi connectivity index (χ4n) is 4.19. The number of amidine groups is 1. The molecule has 0 bridgehead atoms. The first-order valence-corrected chi connectivity index (χ1v) is 12.4. The largest absolute Gasteiger partial charge is 0.497 e. The SMILES string of the molecule is CCN1C(=O)/C(=C\c2cn(Cc3ccc(C)cc3)c3ccccc23)SC1=Nc1ccc(OC)cc1. The summed E-state index contributed by atoms with van der Waals surface area (Å²) in [7, 11) is 1.64. The van der Waals surface area contributed by atoms with E-state index in [-0.39, 0.29) is 5.91 Å². The molecule has 1 aromatic heterocycles. The highest BCUT2D eigenvalue weighted by Gasteiger charge is 2.32. The lowest BCUT2D eigenvalue weighted by atomic mass is 10.1. The minimum absolute atomic E-state index is 0.0138. The van der Waals surface area contributed by atoms with Gasteiger partial charge in [0.15, 0.2) is 5.17 Å². The zero-order valence-corrected chi connectivity index (χ0v) is 20.9. The van der Waals surface area contributed by atoms with Crippen LogP contribution in [-0.2, 0) is 11.3 Å². The molecule has 0 unspecified atom stereocenters. The Morgan fingerprint density at radius 2 is 1.74 bits per heavy atom. The van der Waals surface area contributed by atoms with Crippen LogP contribution in [0, 0.1) is 6.92 Å². The second kappa shape index (κ2) is 9.84. The molecule has 1 aliphatic rings. The average Bonchev–Trinajstić information content (AvgIpc) is 3.37. The predicted molar refractivity (Wildman–Crippen MR) is 145 cm³/mol. The molecule has 6 heteroatoms. The smallest absolute Gasteiger partial charge is 0.266 e. The quantitative estimate of drug-likeness (QED) is 0.290. The third-order valence-electron chi connectivity index (χ3n) is 6.08. The fraction of sp³-hybridized carbons (Fsp3) is 0.172. The highest BCUT2D eigenvalue weighted by atomic mass is 32.2. The molecule has 1 saturated heterocycles. The number of fused-ring (bicyclic) bond motifs is 1. The lowest BCUT2D eigenvalue weighted by Crippen LogP contribution is -2.28. The predicted octanol–water partition coefficient (Wildman–Crippen LogP) is 6.63. The summed E-state index contributed by atoms with van der Waals surface area (Å²) in [5.74, 6) is 0.763. The number of likely N-dealkylation sites (N-methyl/N-ethyl adjacent to an activating group) is 1. The van der Waals surface area contributed by atoms with Crippen molar-refractivity contribution >= 4 is 45.5 Å². The monoisotopic (exact) mass is 481 g/mol. The van der Waals surface area contributed by atoms with Gasteiger partial charge in [0.1, 0.15) is 5.75 Å². The van der Waals surface area contributed by atoms with Gasteiger partial charge in [-0.2, -0.15) is 0 Å². The zero-order chi connectivity index (χ0) is 24.4. The summed E-state index contributed by atoms with van der Waals surface area (Å²) < 4.78 is 7.48. The van der Waals surface area contributed by atoms with Crippen molar-refractivity contribution in [2.75, 3.05) is 13.7 Å². The van der Waals surface area contributed by atoms with Gasteiger partial charge in [0.05, 0.1) is 17.7 Å².